The second kappa shape index (κ2) is 5.25. The van der Waals surface area contributed by atoms with E-state index in [-0.39, 0.29) is 5.56 Å². The van der Waals surface area contributed by atoms with Gasteiger partial charge in [-0.25, -0.2) is 9.78 Å². The van der Waals surface area contributed by atoms with E-state index >= 15 is 0 Å². The number of benzene rings is 1. The van der Waals surface area contributed by atoms with Gasteiger partial charge in [0.2, 0.25) is 0 Å². The van der Waals surface area contributed by atoms with Gasteiger partial charge in [0.25, 0.3) is 0 Å². The van der Waals surface area contributed by atoms with Gasteiger partial charge in [0.1, 0.15) is 11.4 Å². The van der Waals surface area contributed by atoms with Crippen molar-refractivity contribution in [2.45, 2.75) is 12.8 Å². The van der Waals surface area contributed by atoms with Crippen molar-refractivity contribution < 1.29 is 9.90 Å². The highest BCUT2D eigenvalue weighted by molar-refractivity contribution is 9.10. The van der Waals surface area contributed by atoms with Gasteiger partial charge in [0, 0.05) is 22.9 Å². The van der Waals surface area contributed by atoms with Crippen LogP contribution in [0.25, 0.3) is 0 Å². The molecule has 102 valence electrons. The van der Waals surface area contributed by atoms with Crippen molar-refractivity contribution in [2.75, 3.05) is 11.4 Å². The Morgan fingerprint density at radius 3 is 2.95 bits per heavy atom. The molecular formula is C15H13BrN2O2. The Balaban J connectivity index is 2.13. The Kier molecular flexibility index (Phi) is 3.44. The standard InChI is InChI=1S/C15H13BrN2O2/c16-11-8-12(15(19)20)14(17-9-11)18-7-3-5-10-4-1-2-6-13(10)18/h1-2,4,6,8-9H,3,5,7H2,(H,19,20). The number of carboxylic acids is 1. The van der Waals surface area contributed by atoms with Gasteiger partial charge in [-0.2, -0.15) is 0 Å². The first-order valence-electron chi connectivity index (χ1n) is 6.41. The number of pyridine rings is 1. The van der Waals surface area contributed by atoms with Crippen LogP contribution in [0, 0.1) is 0 Å². The van der Waals surface area contributed by atoms with Crippen molar-refractivity contribution in [3.05, 3.63) is 52.1 Å². The molecule has 5 heteroatoms. The normalized spacial score (nSPS) is 13.9. The summed E-state index contributed by atoms with van der Waals surface area (Å²) in [5, 5.41) is 9.38. The van der Waals surface area contributed by atoms with E-state index in [1.807, 2.05) is 23.1 Å². The van der Waals surface area contributed by atoms with E-state index in [4.69, 9.17) is 0 Å². The van der Waals surface area contributed by atoms with Gasteiger partial charge in [0.15, 0.2) is 0 Å². The lowest BCUT2D eigenvalue weighted by Crippen LogP contribution is -2.27. The van der Waals surface area contributed by atoms with Crippen molar-refractivity contribution in [2.24, 2.45) is 0 Å². The van der Waals surface area contributed by atoms with Crippen LogP contribution >= 0.6 is 15.9 Å². The van der Waals surface area contributed by atoms with E-state index in [0.29, 0.717) is 10.3 Å². The number of hydrogen-bond donors (Lipinski definition) is 1. The number of fused-ring (bicyclic) bond motifs is 1. The minimum Gasteiger partial charge on any atom is -0.478 e. The molecule has 0 radical (unpaired) electrons. The summed E-state index contributed by atoms with van der Waals surface area (Å²) in [5.74, 6) is -0.454. The first-order valence-corrected chi connectivity index (χ1v) is 7.20. The van der Waals surface area contributed by atoms with E-state index in [9.17, 15) is 9.90 Å². The fraction of sp³-hybridized carbons (Fsp3) is 0.200. The number of rotatable bonds is 2. The van der Waals surface area contributed by atoms with Crippen molar-refractivity contribution >= 4 is 33.4 Å². The third kappa shape index (κ3) is 2.29. The molecule has 1 aromatic heterocycles. The number of nitrogens with zero attached hydrogens (tertiary/aromatic N) is 2. The van der Waals surface area contributed by atoms with Crippen LogP contribution in [0.15, 0.2) is 41.0 Å². The van der Waals surface area contributed by atoms with Crippen LogP contribution in [-0.2, 0) is 6.42 Å². The Labute approximate surface area is 125 Å². The number of aromatic carboxylic acids is 1. The number of aromatic nitrogens is 1. The SMILES string of the molecule is O=C(O)c1cc(Br)cnc1N1CCCc2ccccc21. The molecule has 0 fully saturated rings. The zero-order valence-electron chi connectivity index (χ0n) is 10.7. The topological polar surface area (TPSA) is 53.4 Å². The quantitative estimate of drug-likeness (QED) is 0.912. The first kappa shape index (κ1) is 13.1. The summed E-state index contributed by atoms with van der Waals surface area (Å²) in [7, 11) is 0. The highest BCUT2D eigenvalue weighted by Gasteiger charge is 2.23. The van der Waals surface area contributed by atoms with Crippen LogP contribution in [-0.4, -0.2) is 22.6 Å². The molecule has 2 heterocycles. The van der Waals surface area contributed by atoms with Gasteiger partial charge < -0.3 is 10.0 Å². The lowest BCUT2D eigenvalue weighted by atomic mass is 10.0. The van der Waals surface area contributed by atoms with Crippen LogP contribution in [0.4, 0.5) is 11.5 Å². The molecule has 0 amide bonds. The summed E-state index contributed by atoms with van der Waals surface area (Å²) in [5.41, 5.74) is 2.51. The molecule has 0 aliphatic carbocycles. The zero-order valence-corrected chi connectivity index (χ0v) is 12.3. The Bertz CT molecular complexity index is 673. The number of para-hydroxylation sites is 1. The molecular weight excluding hydrogens is 320 g/mol. The van der Waals surface area contributed by atoms with Crippen LogP contribution in [0.1, 0.15) is 22.3 Å². The summed E-state index contributed by atoms with van der Waals surface area (Å²) in [6.07, 6.45) is 3.65. The average molecular weight is 333 g/mol. The molecule has 0 bridgehead atoms. The number of aryl methyl sites for hydroxylation is 1. The Morgan fingerprint density at radius 1 is 1.35 bits per heavy atom. The maximum atomic E-state index is 11.4. The second-order valence-electron chi connectivity index (χ2n) is 4.71. The molecule has 1 aliphatic rings. The summed E-state index contributed by atoms with van der Waals surface area (Å²) in [4.78, 5) is 17.8. The minimum absolute atomic E-state index is 0.219. The fourth-order valence-corrected chi connectivity index (χ4v) is 2.89. The second-order valence-corrected chi connectivity index (χ2v) is 5.63. The number of anilines is 2. The molecule has 0 unspecified atom stereocenters. The molecule has 0 spiro atoms. The molecule has 1 N–H and O–H groups in total. The van der Waals surface area contributed by atoms with Crippen molar-refractivity contribution in [1.82, 2.24) is 4.98 Å². The van der Waals surface area contributed by atoms with E-state index in [1.54, 1.807) is 12.3 Å². The fourth-order valence-electron chi connectivity index (χ4n) is 2.56. The van der Waals surface area contributed by atoms with Crippen molar-refractivity contribution in [1.29, 1.82) is 0 Å². The Hall–Kier alpha value is -1.88. The van der Waals surface area contributed by atoms with E-state index in [1.165, 1.54) is 5.56 Å². The lowest BCUT2D eigenvalue weighted by Gasteiger charge is -2.31. The largest absolute Gasteiger partial charge is 0.478 e. The molecule has 0 saturated heterocycles. The van der Waals surface area contributed by atoms with Gasteiger partial charge in [-0.05, 0) is 46.5 Å². The summed E-state index contributed by atoms with van der Waals surface area (Å²) >= 11 is 3.28. The number of hydrogen-bond acceptors (Lipinski definition) is 3. The lowest BCUT2D eigenvalue weighted by molar-refractivity contribution is 0.0697. The van der Waals surface area contributed by atoms with E-state index in [0.717, 1.165) is 25.1 Å². The average Bonchev–Trinajstić information content (AvgIpc) is 2.46. The van der Waals surface area contributed by atoms with E-state index < -0.39 is 5.97 Å². The summed E-state index contributed by atoms with van der Waals surface area (Å²) < 4.78 is 0.670. The zero-order chi connectivity index (χ0) is 14.1. The highest BCUT2D eigenvalue weighted by atomic mass is 79.9. The third-order valence-corrected chi connectivity index (χ3v) is 3.86. The molecule has 0 saturated carbocycles. The maximum absolute atomic E-state index is 11.4. The van der Waals surface area contributed by atoms with Crippen LogP contribution < -0.4 is 4.90 Å². The molecule has 4 nitrogen and oxygen atoms in total. The monoisotopic (exact) mass is 332 g/mol. The molecule has 2 aromatic rings. The molecule has 20 heavy (non-hydrogen) atoms. The van der Waals surface area contributed by atoms with Crippen molar-refractivity contribution in [3.8, 4) is 0 Å². The minimum atomic E-state index is -0.961. The Morgan fingerprint density at radius 2 is 2.15 bits per heavy atom. The molecule has 3 rings (SSSR count). The van der Waals surface area contributed by atoms with Gasteiger partial charge in [0.05, 0.1) is 0 Å². The van der Waals surface area contributed by atoms with E-state index in [2.05, 4.69) is 27.0 Å². The van der Waals surface area contributed by atoms with Crippen LogP contribution in [0.3, 0.4) is 0 Å². The smallest absolute Gasteiger partial charge is 0.339 e. The molecule has 0 atom stereocenters. The first-order chi connectivity index (χ1) is 9.66. The molecule has 1 aliphatic heterocycles. The molecule has 1 aromatic carbocycles. The van der Waals surface area contributed by atoms with Crippen LogP contribution in [0.2, 0.25) is 0 Å². The predicted molar refractivity (Wildman–Crippen MR) is 80.7 cm³/mol. The number of carbonyl (C=O) groups is 1. The summed E-state index contributed by atoms with van der Waals surface area (Å²) in [6, 6.07) is 9.68. The third-order valence-electron chi connectivity index (χ3n) is 3.43. The number of carboxylic acid groups (broad SMARTS) is 1. The van der Waals surface area contributed by atoms with Crippen LogP contribution in [0.5, 0.6) is 0 Å². The van der Waals surface area contributed by atoms with Gasteiger partial charge in [-0.15, -0.1) is 0 Å². The van der Waals surface area contributed by atoms with Gasteiger partial charge >= 0.3 is 5.97 Å². The van der Waals surface area contributed by atoms with Crippen molar-refractivity contribution in [3.63, 3.8) is 0 Å². The van der Waals surface area contributed by atoms with Gasteiger partial charge in [-0.3, -0.25) is 0 Å². The summed E-state index contributed by atoms with van der Waals surface area (Å²) in [6.45, 7) is 0.784. The van der Waals surface area contributed by atoms with Gasteiger partial charge in [-0.1, -0.05) is 18.2 Å². The maximum Gasteiger partial charge on any atom is 0.339 e. The highest BCUT2D eigenvalue weighted by Crippen LogP contribution is 2.34. The predicted octanol–water partition coefficient (Wildman–Crippen LogP) is 3.63. The number of halogens is 1.